The normalized spacial score (nSPS) is 17.1. The van der Waals surface area contributed by atoms with Gasteiger partial charge in [0.1, 0.15) is 0 Å². The van der Waals surface area contributed by atoms with E-state index in [1.807, 2.05) is 4.90 Å². The average Bonchev–Trinajstić information content (AvgIpc) is 2.37. The van der Waals surface area contributed by atoms with Crippen LogP contribution in [0.15, 0.2) is 0 Å². The summed E-state index contributed by atoms with van der Waals surface area (Å²) in [5, 5.41) is 12.2. The van der Waals surface area contributed by atoms with Crippen LogP contribution in [-0.2, 0) is 4.79 Å². The molecule has 1 rings (SSSR count). The van der Waals surface area contributed by atoms with Crippen molar-refractivity contribution in [2.24, 2.45) is 0 Å². The Morgan fingerprint density at radius 3 is 2.65 bits per heavy atom. The van der Waals surface area contributed by atoms with Crippen LogP contribution < -0.4 is 5.32 Å². The highest BCUT2D eigenvalue weighted by Gasteiger charge is 2.24. The number of amides is 1. The average molecular weight is 242 g/mol. The molecule has 4 heteroatoms. The molecule has 1 aliphatic rings. The molecule has 0 spiro atoms. The molecule has 100 valence electrons. The SMILES string of the molecule is CCCNCC(=O)N(CCO)C1CCCCC1. The van der Waals surface area contributed by atoms with Gasteiger partial charge in [-0.25, -0.2) is 0 Å². The minimum Gasteiger partial charge on any atom is -0.395 e. The molecule has 1 saturated carbocycles. The third-order valence-corrected chi connectivity index (χ3v) is 3.38. The van der Waals surface area contributed by atoms with Gasteiger partial charge in [0.2, 0.25) is 5.91 Å². The highest BCUT2D eigenvalue weighted by atomic mass is 16.3. The van der Waals surface area contributed by atoms with Crippen LogP contribution in [0.1, 0.15) is 45.4 Å². The lowest BCUT2D eigenvalue weighted by Crippen LogP contribution is -2.46. The molecule has 0 aliphatic heterocycles. The van der Waals surface area contributed by atoms with E-state index in [9.17, 15) is 4.79 Å². The van der Waals surface area contributed by atoms with Gasteiger partial charge in [-0.15, -0.1) is 0 Å². The van der Waals surface area contributed by atoms with E-state index in [4.69, 9.17) is 5.11 Å². The molecule has 4 nitrogen and oxygen atoms in total. The smallest absolute Gasteiger partial charge is 0.236 e. The van der Waals surface area contributed by atoms with Crippen molar-refractivity contribution in [2.45, 2.75) is 51.5 Å². The lowest BCUT2D eigenvalue weighted by molar-refractivity contribution is -0.133. The fraction of sp³-hybridized carbons (Fsp3) is 0.923. The van der Waals surface area contributed by atoms with Crippen molar-refractivity contribution in [3.63, 3.8) is 0 Å². The Morgan fingerprint density at radius 2 is 2.06 bits per heavy atom. The first-order valence-electron chi connectivity index (χ1n) is 6.90. The monoisotopic (exact) mass is 242 g/mol. The largest absolute Gasteiger partial charge is 0.395 e. The van der Waals surface area contributed by atoms with Crippen molar-refractivity contribution < 1.29 is 9.90 Å². The van der Waals surface area contributed by atoms with Crippen molar-refractivity contribution in [1.82, 2.24) is 10.2 Å². The summed E-state index contributed by atoms with van der Waals surface area (Å²) in [6, 6.07) is 0.354. The lowest BCUT2D eigenvalue weighted by Gasteiger charge is -2.34. The third kappa shape index (κ3) is 5.04. The van der Waals surface area contributed by atoms with Crippen molar-refractivity contribution in [3.8, 4) is 0 Å². The van der Waals surface area contributed by atoms with E-state index in [2.05, 4.69) is 12.2 Å². The highest BCUT2D eigenvalue weighted by molar-refractivity contribution is 5.78. The fourth-order valence-corrected chi connectivity index (χ4v) is 2.49. The predicted octanol–water partition coefficient (Wildman–Crippen LogP) is 1.14. The number of carbonyl (C=O) groups excluding carboxylic acids is 1. The topological polar surface area (TPSA) is 52.6 Å². The number of hydrogen-bond donors (Lipinski definition) is 2. The van der Waals surface area contributed by atoms with Crippen LogP contribution >= 0.6 is 0 Å². The second kappa shape index (κ2) is 8.48. The molecule has 0 radical (unpaired) electrons. The van der Waals surface area contributed by atoms with Crippen LogP contribution in [-0.4, -0.2) is 48.2 Å². The molecule has 2 N–H and O–H groups in total. The number of aliphatic hydroxyl groups is 1. The van der Waals surface area contributed by atoms with E-state index in [1.165, 1.54) is 19.3 Å². The molecule has 0 aromatic heterocycles. The molecule has 17 heavy (non-hydrogen) atoms. The summed E-state index contributed by atoms with van der Waals surface area (Å²) in [5.74, 6) is 0.138. The van der Waals surface area contributed by atoms with Crippen molar-refractivity contribution in [2.75, 3.05) is 26.2 Å². The van der Waals surface area contributed by atoms with Crippen LogP contribution in [0, 0.1) is 0 Å². The van der Waals surface area contributed by atoms with Gasteiger partial charge in [-0.3, -0.25) is 4.79 Å². The van der Waals surface area contributed by atoms with Gasteiger partial charge in [0.05, 0.1) is 13.2 Å². The van der Waals surface area contributed by atoms with Crippen molar-refractivity contribution in [3.05, 3.63) is 0 Å². The zero-order valence-electron chi connectivity index (χ0n) is 11.0. The molecular weight excluding hydrogens is 216 g/mol. The Kier molecular flexibility index (Phi) is 7.21. The van der Waals surface area contributed by atoms with E-state index in [-0.39, 0.29) is 12.5 Å². The van der Waals surface area contributed by atoms with E-state index in [1.54, 1.807) is 0 Å². The molecule has 0 atom stereocenters. The molecule has 0 aromatic carbocycles. The number of aliphatic hydroxyl groups excluding tert-OH is 1. The van der Waals surface area contributed by atoms with Crippen molar-refractivity contribution >= 4 is 5.91 Å². The van der Waals surface area contributed by atoms with E-state index in [0.29, 0.717) is 19.1 Å². The Balaban J connectivity index is 2.42. The number of nitrogens with one attached hydrogen (secondary N) is 1. The van der Waals surface area contributed by atoms with Crippen LogP contribution in [0.4, 0.5) is 0 Å². The van der Waals surface area contributed by atoms with Gasteiger partial charge in [-0.05, 0) is 25.8 Å². The Hall–Kier alpha value is -0.610. The van der Waals surface area contributed by atoms with Crippen LogP contribution in [0.5, 0.6) is 0 Å². The first-order valence-corrected chi connectivity index (χ1v) is 6.90. The predicted molar refractivity (Wildman–Crippen MR) is 68.8 cm³/mol. The van der Waals surface area contributed by atoms with Crippen LogP contribution in [0.25, 0.3) is 0 Å². The molecule has 0 aromatic rings. The van der Waals surface area contributed by atoms with Gasteiger partial charge in [0.15, 0.2) is 0 Å². The van der Waals surface area contributed by atoms with E-state index in [0.717, 1.165) is 25.8 Å². The summed E-state index contributed by atoms with van der Waals surface area (Å²) in [6.45, 7) is 3.92. The molecule has 0 saturated heterocycles. The first-order chi connectivity index (χ1) is 8.29. The summed E-state index contributed by atoms with van der Waals surface area (Å²) in [5.41, 5.74) is 0. The van der Waals surface area contributed by atoms with Gasteiger partial charge in [0, 0.05) is 12.6 Å². The maximum absolute atomic E-state index is 12.1. The Morgan fingerprint density at radius 1 is 1.35 bits per heavy atom. The van der Waals surface area contributed by atoms with Gasteiger partial charge in [0.25, 0.3) is 0 Å². The molecule has 1 amide bonds. The summed E-state index contributed by atoms with van der Waals surface area (Å²) < 4.78 is 0. The van der Waals surface area contributed by atoms with Gasteiger partial charge < -0.3 is 15.3 Å². The van der Waals surface area contributed by atoms with Crippen LogP contribution in [0.3, 0.4) is 0 Å². The number of hydrogen-bond acceptors (Lipinski definition) is 3. The molecule has 0 unspecified atom stereocenters. The van der Waals surface area contributed by atoms with E-state index >= 15 is 0 Å². The Labute approximate surface area is 104 Å². The molecule has 1 aliphatic carbocycles. The molecule has 1 fully saturated rings. The number of carbonyl (C=O) groups is 1. The standard InChI is InChI=1S/C13H26N2O2/c1-2-8-14-11-13(17)15(9-10-16)12-6-4-3-5-7-12/h12,14,16H,2-11H2,1H3. The Bertz CT molecular complexity index is 215. The highest BCUT2D eigenvalue weighted by Crippen LogP contribution is 2.22. The lowest BCUT2D eigenvalue weighted by atomic mass is 9.94. The van der Waals surface area contributed by atoms with Gasteiger partial charge >= 0.3 is 0 Å². The molecule has 0 bridgehead atoms. The van der Waals surface area contributed by atoms with Crippen LogP contribution in [0.2, 0.25) is 0 Å². The molecular formula is C13H26N2O2. The molecule has 0 heterocycles. The summed E-state index contributed by atoms with van der Waals surface area (Å²) in [6.07, 6.45) is 6.94. The number of rotatable bonds is 7. The second-order valence-corrected chi connectivity index (χ2v) is 4.78. The zero-order chi connectivity index (χ0) is 12.5. The third-order valence-electron chi connectivity index (χ3n) is 3.38. The summed E-state index contributed by atoms with van der Waals surface area (Å²) >= 11 is 0. The maximum atomic E-state index is 12.1. The van der Waals surface area contributed by atoms with Crippen molar-refractivity contribution in [1.29, 1.82) is 0 Å². The van der Waals surface area contributed by atoms with Gasteiger partial charge in [-0.2, -0.15) is 0 Å². The maximum Gasteiger partial charge on any atom is 0.236 e. The quantitative estimate of drug-likeness (QED) is 0.658. The first kappa shape index (κ1) is 14.5. The van der Waals surface area contributed by atoms with E-state index < -0.39 is 0 Å². The number of nitrogens with zero attached hydrogens (tertiary/aromatic N) is 1. The minimum atomic E-state index is 0.0655. The zero-order valence-corrected chi connectivity index (χ0v) is 11.0. The summed E-state index contributed by atoms with van der Waals surface area (Å²) in [4.78, 5) is 13.9. The van der Waals surface area contributed by atoms with Gasteiger partial charge in [-0.1, -0.05) is 26.2 Å². The second-order valence-electron chi connectivity index (χ2n) is 4.78. The fourth-order valence-electron chi connectivity index (χ4n) is 2.49. The summed E-state index contributed by atoms with van der Waals surface area (Å²) in [7, 11) is 0. The minimum absolute atomic E-state index is 0.0655.